The lowest BCUT2D eigenvalue weighted by Crippen LogP contribution is -2.13. The minimum Gasteiger partial charge on any atom is -0.494 e. The van der Waals surface area contributed by atoms with Crippen molar-refractivity contribution in [3.63, 3.8) is 0 Å². The van der Waals surface area contributed by atoms with E-state index in [0.29, 0.717) is 18.8 Å². The summed E-state index contributed by atoms with van der Waals surface area (Å²) < 4.78 is 5.64. The fourth-order valence-corrected chi connectivity index (χ4v) is 2.47. The molecular formula is C18H19ClN2O4. The lowest BCUT2D eigenvalue weighted by atomic mass is 10.1. The van der Waals surface area contributed by atoms with E-state index < -0.39 is 4.92 Å². The van der Waals surface area contributed by atoms with Gasteiger partial charge >= 0.3 is 0 Å². The summed E-state index contributed by atoms with van der Waals surface area (Å²) in [6.07, 6.45) is 0.699. The lowest BCUT2D eigenvalue weighted by Gasteiger charge is -2.10. The second kappa shape index (κ2) is 8.48. The molecule has 0 fully saturated rings. The molecule has 2 aromatic carbocycles. The Bertz CT molecular complexity index is 769. The Morgan fingerprint density at radius 3 is 2.52 bits per heavy atom. The van der Waals surface area contributed by atoms with Crippen molar-refractivity contribution in [1.82, 2.24) is 0 Å². The quantitative estimate of drug-likeness (QED) is 0.441. The first-order chi connectivity index (χ1) is 11.9. The molecule has 0 unspecified atom stereocenters. The summed E-state index contributed by atoms with van der Waals surface area (Å²) in [4.78, 5) is 22.3. The average Bonchev–Trinajstić information content (AvgIpc) is 2.56. The molecule has 0 saturated carbocycles. The lowest BCUT2D eigenvalue weighted by molar-refractivity contribution is -0.383. The predicted molar refractivity (Wildman–Crippen MR) is 97.4 cm³/mol. The number of nitrogens with zero attached hydrogens (tertiary/aromatic N) is 1. The number of hydrogen-bond donors (Lipinski definition) is 1. The molecule has 132 valence electrons. The Labute approximate surface area is 150 Å². The summed E-state index contributed by atoms with van der Waals surface area (Å²) in [5.41, 5.74) is 1.94. The highest BCUT2D eigenvalue weighted by atomic mass is 35.5. The van der Waals surface area contributed by atoms with Gasteiger partial charge in [0.1, 0.15) is 11.4 Å². The molecule has 0 saturated heterocycles. The zero-order valence-electron chi connectivity index (χ0n) is 14.0. The zero-order chi connectivity index (χ0) is 18.4. The number of benzene rings is 2. The van der Waals surface area contributed by atoms with Crippen molar-refractivity contribution in [2.75, 3.05) is 11.9 Å². The van der Waals surface area contributed by atoms with Crippen molar-refractivity contribution in [2.45, 2.75) is 26.7 Å². The van der Waals surface area contributed by atoms with Crippen LogP contribution in [0.4, 0.5) is 11.4 Å². The fraction of sp³-hybridized carbons (Fsp3) is 0.278. The molecule has 0 heterocycles. The third kappa shape index (κ3) is 5.19. The van der Waals surface area contributed by atoms with Gasteiger partial charge in [0.05, 0.1) is 11.5 Å². The van der Waals surface area contributed by atoms with Crippen LogP contribution in [0.1, 0.15) is 24.0 Å². The molecule has 0 atom stereocenters. The number of carbonyl (C=O) groups excluding carboxylic acids is 1. The van der Waals surface area contributed by atoms with E-state index in [2.05, 4.69) is 5.32 Å². The van der Waals surface area contributed by atoms with Crippen molar-refractivity contribution in [1.29, 1.82) is 0 Å². The van der Waals surface area contributed by atoms with E-state index >= 15 is 0 Å². The van der Waals surface area contributed by atoms with Crippen LogP contribution >= 0.6 is 11.6 Å². The van der Waals surface area contributed by atoms with Crippen molar-refractivity contribution in [3.8, 4) is 5.75 Å². The second-order valence-electron chi connectivity index (χ2n) is 5.65. The standard InChI is InChI=1S/C18H19ClN2O4/c1-12-10-14(11-13(2)18(12)19)25-9-5-8-17(22)20-15-6-3-4-7-16(15)21(23)24/h3-4,6-7,10-11H,5,8-9H2,1-2H3,(H,20,22). The van der Waals surface area contributed by atoms with Crippen LogP contribution in [-0.2, 0) is 4.79 Å². The minimum atomic E-state index is -0.524. The van der Waals surface area contributed by atoms with Crippen LogP contribution in [0.3, 0.4) is 0 Å². The van der Waals surface area contributed by atoms with Gasteiger partial charge in [0.2, 0.25) is 5.91 Å². The molecule has 0 aliphatic rings. The number of amides is 1. The van der Waals surface area contributed by atoms with Gasteiger partial charge in [-0.25, -0.2) is 0 Å². The number of para-hydroxylation sites is 2. The SMILES string of the molecule is Cc1cc(OCCCC(=O)Nc2ccccc2[N+](=O)[O-])cc(C)c1Cl. The molecule has 0 spiro atoms. The molecule has 0 aliphatic carbocycles. The molecular weight excluding hydrogens is 344 g/mol. The highest BCUT2D eigenvalue weighted by molar-refractivity contribution is 6.32. The van der Waals surface area contributed by atoms with Crippen molar-refractivity contribution >= 4 is 28.9 Å². The summed E-state index contributed by atoms with van der Waals surface area (Å²) in [5, 5.41) is 14.2. The number of nitro benzene ring substituents is 1. The number of hydrogen-bond acceptors (Lipinski definition) is 4. The molecule has 1 amide bonds. The van der Waals surface area contributed by atoms with E-state index in [1.807, 2.05) is 26.0 Å². The molecule has 7 heteroatoms. The topological polar surface area (TPSA) is 81.5 Å². The maximum atomic E-state index is 11.9. The van der Waals surface area contributed by atoms with E-state index in [0.717, 1.165) is 16.1 Å². The largest absolute Gasteiger partial charge is 0.494 e. The Morgan fingerprint density at radius 1 is 1.24 bits per heavy atom. The summed E-state index contributed by atoms with van der Waals surface area (Å²) in [7, 11) is 0. The number of aryl methyl sites for hydroxylation is 2. The van der Waals surface area contributed by atoms with E-state index in [1.54, 1.807) is 12.1 Å². The van der Waals surface area contributed by atoms with Gasteiger partial charge in [0.25, 0.3) is 5.69 Å². The number of anilines is 1. The molecule has 6 nitrogen and oxygen atoms in total. The highest BCUT2D eigenvalue weighted by Crippen LogP contribution is 2.26. The van der Waals surface area contributed by atoms with E-state index in [-0.39, 0.29) is 23.7 Å². The summed E-state index contributed by atoms with van der Waals surface area (Å²) in [5.74, 6) is 0.417. The van der Waals surface area contributed by atoms with Crippen LogP contribution in [0.25, 0.3) is 0 Å². The molecule has 0 radical (unpaired) electrons. The maximum Gasteiger partial charge on any atom is 0.292 e. The normalized spacial score (nSPS) is 10.4. The van der Waals surface area contributed by atoms with Gasteiger partial charge < -0.3 is 10.1 Å². The van der Waals surface area contributed by atoms with Crippen molar-refractivity contribution in [3.05, 3.63) is 62.7 Å². The molecule has 25 heavy (non-hydrogen) atoms. The Balaban J connectivity index is 1.83. The fourth-order valence-electron chi connectivity index (χ4n) is 2.36. The third-order valence-corrected chi connectivity index (χ3v) is 4.20. The first kappa shape index (κ1) is 18.7. The first-order valence-electron chi connectivity index (χ1n) is 7.81. The third-order valence-electron chi connectivity index (χ3n) is 3.60. The van der Waals surface area contributed by atoms with Crippen molar-refractivity contribution < 1.29 is 14.5 Å². The van der Waals surface area contributed by atoms with Gasteiger partial charge in [-0.15, -0.1) is 0 Å². The van der Waals surface area contributed by atoms with Gasteiger partial charge in [-0.1, -0.05) is 23.7 Å². The zero-order valence-corrected chi connectivity index (χ0v) is 14.8. The van der Waals surface area contributed by atoms with Crippen LogP contribution in [0, 0.1) is 24.0 Å². The average molecular weight is 363 g/mol. The van der Waals surface area contributed by atoms with Gasteiger partial charge in [0.15, 0.2) is 0 Å². The molecule has 1 N–H and O–H groups in total. The molecule has 2 rings (SSSR count). The van der Waals surface area contributed by atoms with Crippen LogP contribution in [0.15, 0.2) is 36.4 Å². The van der Waals surface area contributed by atoms with E-state index in [9.17, 15) is 14.9 Å². The number of ether oxygens (including phenoxy) is 1. The van der Waals surface area contributed by atoms with E-state index in [1.165, 1.54) is 12.1 Å². The Hall–Kier alpha value is -2.60. The first-order valence-corrected chi connectivity index (χ1v) is 8.19. The highest BCUT2D eigenvalue weighted by Gasteiger charge is 2.14. The molecule has 0 aromatic heterocycles. The Morgan fingerprint density at radius 2 is 1.88 bits per heavy atom. The number of carbonyl (C=O) groups is 1. The van der Waals surface area contributed by atoms with Crippen LogP contribution < -0.4 is 10.1 Å². The van der Waals surface area contributed by atoms with Gasteiger partial charge in [-0.05, 0) is 49.6 Å². The molecule has 2 aromatic rings. The van der Waals surface area contributed by atoms with Crippen molar-refractivity contribution in [2.24, 2.45) is 0 Å². The van der Waals surface area contributed by atoms with Gasteiger partial charge in [0, 0.05) is 17.5 Å². The number of nitro groups is 1. The maximum absolute atomic E-state index is 11.9. The van der Waals surface area contributed by atoms with Crippen LogP contribution in [0.5, 0.6) is 5.75 Å². The van der Waals surface area contributed by atoms with Crippen LogP contribution in [0.2, 0.25) is 5.02 Å². The minimum absolute atomic E-state index is 0.126. The van der Waals surface area contributed by atoms with Gasteiger partial charge in [-0.3, -0.25) is 14.9 Å². The smallest absolute Gasteiger partial charge is 0.292 e. The Kier molecular flexibility index (Phi) is 6.36. The van der Waals surface area contributed by atoms with Gasteiger partial charge in [-0.2, -0.15) is 0 Å². The number of nitrogens with one attached hydrogen (secondary N) is 1. The number of rotatable bonds is 7. The van der Waals surface area contributed by atoms with Crippen LogP contribution in [-0.4, -0.2) is 17.4 Å². The summed E-state index contributed by atoms with van der Waals surface area (Å²) in [6, 6.07) is 9.75. The molecule has 0 aliphatic heterocycles. The predicted octanol–water partition coefficient (Wildman–Crippen LogP) is 4.66. The summed E-state index contributed by atoms with van der Waals surface area (Å²) in [6.45, 7) is 4.18. The second-order valence-corrected chi connectivity index (χ2v) is 6.02. The monoisotopic (exact) mass is 362 g/mol. The summed E-state index contributed by atoms with van der Waals surface area (Å²) >= 11 is 6.11. The molecule has 0 bridgehead atoms. The van der Waals surface area contributed by atoms with E-state index in [4.69, 9.17) is 16.3 Å². The number of halogens is 1.